The van der Waals surface area contributed by atoms with Crippen molar-refractivity contribution in [3.63, 3.8) is 0 Å². The molecule has 20 heavy (non-hydrogen) atoms. The molecule has 0 radical (unpaired) electrons. The average molecular weight is 263 g/mol. The number of rotatable bonds is 2. The summed E-state index contributed by atoms with van der Waals surface area (Å²) in [6.07, 6.45) is 1.06. The van der Waals surface area contributed by atoms with Crippen LogP contribution in [-0.4, -0.2) is 10.1 Å². The van der Waals surface area contributed by atoms with Gasteiger partial charge in [0.2, 0.25) is 0 Å². The van der Waals surface area contributed by atoms with Crippen LogP contribution in [0.3, 0.4) is 0 Å². The van der Waals surface area contributed by atoms with Gasteiger partial charge in [-0.1, -0.05) is 53.6 Å². The second-order valence-electron chi connectivity index (χ2n) is 5.24. The highest BCUT2D eigenvalue weighted by Gasteiger charge is 2.15. The van der Waals surface area contributed by atoms with Crippen LogP contribution in [0.4, 0.5) is 0 Å². The van der Waals surface area contributed by atoms with Gasteiger partial charge < -0.3 is 5.11 Å². The summed E-state index contributed by atoms with van der Waals surface area (Å²) < 4.78 is 0. The Bertz CT molecular complexity index is 739. The first kappa shape index (κ1) is 12.8. The molecular weight excluding hydrogens is 246 g/mol. The Morgan fingerprint density at radius 3 is 2.40 bits per heavy atom. The fraction of sp³-hybridized carbons (Fsp3) is 0.167. The van der Waals surface area contributed by atoms with Gasteiger partial charge in [0.15, 0.2) is 0 Å². The van der Waals surface area contributed by atoms with Crippen LogP contribution in [0.15, 0.2) is 54.7 Å². The van der Waals surface area contributed by atoms with Gasteiger partial charge in [-0.05, 0) is 30.9 Å². The molecule has 1 atom stereocenters. The van der Waals surface area contributed by atoms with E-state index in [1.54, 1.807) is 6.20 Å². The smallest absolute Gasteiger partial charge is 0.122 e. The van der Waals surface area contributed by atoms with Crippen molar-refractivity contribution < 1.29 is 5.11 Å². The van der Waals surface area contributed by atoms with E-state index in [1.165, 1.54) is 0 Å². The minimum absolute atomic E-state index is 0.695. The molecule has 100 valence electrons. The third-order valence-electron chi connectivity index (χ3n) is 3.52. The predicted molar refractivity (Wildman–Crippen MR) is 81.7 cm³/mol. The zero-order chi connectivity index (χ0) is 14.1. The molecule has 2 nitrogen and oxygen atoms in total. The van der Waals surface area contributed by atoms with Crippen molar-refractivity contribution in [3.05, 3.63) is 77.1 Å². The molecule has 3 rings (SSSR count). The standard InChI is InChI=1S/C18H17NO/c1-12-9-13(2)11-15(10-12)18(20)17-16-6-4-3-5-14(16)7-8-19-17/h3-11,18,20H,1-2H3. The summed E-state index contributed by atoms with van der Waals surface area (Å²) in [5.74, 6) is 0. The minimum atomic E-state index is -0.695. The van der Waals surface area contributed by atoms with Crippen LogP contribution < -0.4 is 0 Å². The molecule has 0 saturated carbocycles. The Balaban J connectivity index is 2.15. The van der Waals surface area contributed by atoms with E-state index < -0.39 is 6.10 Å². The number of aliphatic hydroxyl groups excluding tert-OH is 1. The lowest BCUT2D eigenvalue weighted by Gasteiger charge is -2.14. The largest absolute Gasteiger partial charge is 0.382 e. The summed E-state index contributed by atoms with van der Waals surface area (Å²) in [5, 5.41) is 12.8. The van der Waals surface area contributed by atoms with Crippen molar-refractivity contribution in [3.8, 4) is 0 Å². The number of hydrogen-bond acceptors (Lipinski definition) is 2. The van der Waals surface area contributed by atoms with Crippen molar-refractivity contribution >= 4 is 10.8 Å². The van der Waals surface area contributed by atoms with Crippen LogP contribution in [0.1, 0.15) is 28.5 Å². The Kier molecular flexibility index (Phi) is 3.25. The highest BCUT2D eigenvalue weighted by Crippen LogP contribution is 2.28. The van der Waals surface area contributed by atoms with Gasteiger partial charge in [-0.15, -0.1) is 0 Å². The predicted octanol–water partition coefficient (Wildman–Crippen LogP) is 3.93. The van der Waals surface area contributed by atoms with Crippen molar-refractivity contribution in [1.82, 2.24) is 4.98 Å². The van der Waals surface area contributed by atoms with E-state index in [-0.39, 0.29) is 0 Å². The maximum atomic E-state index is 10.7. The first-order valence-electron chi connectivity index (χ1n) is 6.75. The summed E-state index contributed by atoms with van der Waals surface area (Å²) in [5.41, 5.74) is 3.91. The Labute approximate surface area is 118 Å². The second-order valence-corrected chi connectivity index (χ2v) is 5.24. The molecule has 0 aliphatic heterocycles. The van der Waals surface area contributed by atoms with Gasteiger partial charge in [0.05, 0.1) is 5.69 Å². The van der Waals surface area contributed by atoms with E-state index in [1.807, 2.05) is 56.3 Å². The Morgan fingerprint density at radius 1 is 0.950 bits per heavy atom. The Hall–Kier alpha value is -2.19. The molecule has 1 unspecified atom stereocenters. The molecule has 1 N–H and O–H groups in total. The molecule has 0 aliphatic rings. The fourth-order valence-corrected chi connectivity index (χ4v) is 2.69. The maximum Gasteiger partial charge on any atom is 0.122 e. The molecule has 1 heterocycles. The molecule has 1 aromatic heterocycles. The van der Waals surface area contributed by atoms with Crippen LogP contribution in [0.25, 0.3) is 10.8 Å². The second kappa shape index (κ2) is 5.06. The molecule has 0 bridgehead atoms. The van der Waals surface area contributed by atoms with E-state index in [0.29, 0.717) is 5.69 Å². The molecule has 0 amide bonds. The molecule has 0 fully saturated rings. The van der Waals surface area contributed by atoms with E-state index in [2.05, 4.69) is 11.1 Å². The molecule has 3 aromatic rings. The van der Waals surface area contributed by atoms with Crippen molar-refractivity contribution in [2.45, 2.75) is 20.0 Å². The zero-order valence-corrected chi connectivity index (χ0v) is 11.7. The number of pyridine rings is 1. The quantitative estimate of drug-likeness (QED) is 0.760. The van der Waals surface area contributed by atoms with Gasteiger partial charge in [0.25, 0.3) is 0 Å². The molecule has 2 heteroatoms. The number of aryl methyl sites for hydroxylation is 2. The number of fused-ring (bicyclic) bond motifs is 1. The molecule has 0 aliphatic carbocycles. The Morgan fingerprint density at radius 2 is 1.65 bits per heavy atom. The molecule has 0 spiro atoms. The van der Waals surface area contributed by atoms with Gasteiger partial charge in [0, 0.05) is 11.6 Å². The number of aromatic nitrogens is 1. The van der Waals surface area contributed by atoms with Gasteiger partial charge in [-0.3, -0.25) is 4.98 Å². The molecule has 0 saturated heterocycles. The number of benzene rings is 2. The van der Waals surface area contributed by atoms with Crippen LogP contribution in [0.5, 0.6) is 0 Å². The summed E-state index contributed by atoms with van der Waals surface area (Å²) >= 11 is 0. The summed E-state index contributed by atoms with van der Waals surface area (Å²) in [4.78, 5) is 4.39. The lowest BCUT2D eigenvalue weighted by Crippen LogP contribution is -2.04. The summed E-state index contributed by atoms with van der Waals surface area (Å²) in [6, 6.07) is 16.1. The third-order valence-corrected chi connectivity index (χ3v) is 3.52. The zero-order valence-electron chi connectivity index (χ0n) is 11.7. The van der Waals surface area contributed by atoms with Gasteiger partial charge in [-0.2, -0.15) is 0 Å². The highest BCUT2D eigenvalue weighted by molar-refractivity contribution is 5.84. The number of nitrogens with zero attached hydrogens (tertiary/aromatic N) is 1. The topological polar surface area (TPSA) is 33.1 Å². The fourth-order valence-electron chi connectivity index (χ4n) is 2.69. The van der Waals surface area contributed by atoms with E-state index >= 15 is 0 Å². The first-order valence-corrected chi connectivity index (χ1v) is 6.75. The summed E-state index contributed by atoms with van der Waals surface area (Å²) in [6.45, 7) is 4.08. The summed E-state index contributed by atoms with van der Waals surface area (Å²) in [7, 11) is 0. The number of aliphatic hydroxyl groups is 1. The lowest BCUT2D eigenvalue weighted by molar-refractivity contribution is 0.217. The van der Waals surface area contributed by atoms with Crippen molar-refractivity contribution in [1.29, 1.82) is 0 Å². The van der Waals surface area contributed by atoms with Crippen LogP contribution >= 0.6 is 0 Å². The van der Waals surface area contributed by atoms with Crippen LogP contribution in [0, 0.1) is 13.8 Å². The van der Waals surface area contributed by atoms with Gasteiger partial charge in [-0.25, -0.2) is 0 Å². The maximum absolute atomic E-state index is 10.7. The van der Waals surface area contributed by atoms with E-state index in [0.717, 1.165) is 27.5 Å². The monoisotopic (exact) mass is 263 g/mol. The minimum Gasteiger partial charge on any atom is -0.382 e. The first-order chi connectivity index (χ1) is 9.65. The van der Waals surface area contributed by atoms with Crippen molar-refractivity contribution in [2.24, 2.45) is 0 Å². The molecular formula is C18H17NO. The SMILES string of the molecule is Cc1cc(C)cc(C(O)c2nccc3ccccc23)c1. The average Bonchev–Trinajstić information content (AvgIpc) is 2.45. The molecule has 2 aromatic carbocycles. The van der Waals surface area contributed by atoms with Gasteiger partial charge >= 0.3 is 0 Å². The van der Waals surface area contributed by atoms with E-state index in [4.69, 9.17) is 0 Å². The van der Waals surface area contributed by atoms with Crippen molar-refractivity contribution in [2.75, 3.05) is 0 Å². The van der Waals surface area contributed by atoms with Crippen LogP contribution in [0.2, 0.25) is 0 Å². The third kappa shape index (κ3) is 2.30. The van der Waals surface area contributed by atoms with Gasteiger partial charge in [0.1, 0.15) is 6.10 Å². The number of hydrogen-bond donors (Lipinski definition) is 1. The highest BCUT2D eigenvalue weighted by atomic mass is 16.3. The lowest BCUT2D eigenvalue weighted by atomic mass is 9.98. The van der Waals surface area contributed by atoms with Crippen LogP contribution in [-0.2, 0) is 0 Å². The van der Waals surface area contributed by atoms with E-state index in [9.17, 15) is 5.11 Å². The normalized spacial score (nSPS) is 12.6.